The van der Waals surface area contributed by atoms with E-state index in [9.17, 15) is 4.79 Å². The van der Waals surface area contributed by atoms with E-state index in [1.807, 2.05) is 26.0 Å². The molecule has 27 heavy (non-hydrogen) atoms. The van der Waals surface area contributed by atoms with Gasteiger partial charge in [-0.2, -0.15) is 0 Å². The van der Waals surface area contributed by atoms with Crippen LogP contribution in [0.1, 0.15) is 31.2 Å². The molecule has 3 rings (SSSR count). The highest BCUT2D eigenvalue weighted by Gasteiger charge is 2.26. The maximum absolute atomic E-state index is 12.6. The predicted molar refractivity (Wildman–Crippen MR) is 104 cm³/mol. The molecule has 0 aliphatic heterocycles. The second kappa shape index (κ2) is 8.55. The minimum atomic E-state index is -0.402. The van der Waals surface area contributed by atoms with Gasteiger partial charge in [0.15, 0.2) is 6.61 Å². The summed E-state index contributed by atoms with van der Waals surface area (Å²) in [6.45, 7) is 3.84. The Kier molecular flexibility index (Phi) is 6.14. The molecule has 0 fully saturated rings. The number of hydrogen-bond acceptors (Lipinski definition) is 5. The number of carbonyl (C=O) groups is 1. The molecule has 0 aliphatic rings. The molecule has 140 valence electrons. The molecule has 5 nitrogen and oxygen atoms in total. The first-order valence-electron chi connectivity index (χ1n) is 8.44. The van der Waals surface area contributed by atoms with E-state index in [0.717, 1.165) is 11.1 Å². The quantitative estimate of drug-likeness (QED) is 0.505. The van der Waals surface area contributed by atoms with E-state index in [1.54, 1.807) is 36.4 Å². The highest BCUT2D eigenvalue weighted by molar-refractivity contribution is 6.30. The zero-order valence-electron chi connectivity index (χ0n) is 14.9. The SMILES string of the molecule is CC(C)[C@H](C(=O)OCc1nnc(-c2ccc(Cl)cc2)o1)c1ccc(Cl)cc1. The first-order valence-corrected chi connectivity index (χ1v) is 9.20. The van der Waals surface area contributed by atoms with Gasteiger partial charge in [-0.05, 0) is 47.9 Å². The first-order chi connectivity index (χ1) is 12.9. The molecule has 0 bridgehead atoms. The van der Waals surface area contributed by atoms with Gasteiger partial charge in [0.1, 0.15) is 0 Å². The summed E-state index contributed by atoms with van der Waals surface area (Å²) in [6, 6.07) is 14.2. The average molecular weight is 405 g/mol. The standard InChI is InChI=1S/C20H18Cl2N2O3/c1-12(2)18(13-3-7-15(21)8-4-13)20(25)26-11-17-23-24-19(27-17)14-5-9-16(22)10-6-14/h3-10,12,18H,11H2,1-2H3/t18-/m0/s1. The van der Waals surface area contributed by atoms with Gasteiger partial charge < -0.3 is 9.15 Å². The third-order valence-corrected chi connectivity index (χ3v) is 4.55. The number of aromatic nitrogens is 2. The van der Waals surface area contributed by atoms with Crippen LogP contribution in [0.2, 0.25) is 10.0 Å². The van der Waals surface area contributed by atoms with Crippen LogP contribution >= 0.6 is 23.2 Å². The van der Waals surface area contributed by atoms with Gasteiger partial charge in [0.2, 0.25) is 5.89 Å². The molecule has 1 atom stereocenters. The van der Waals surface area contributed by atoms with E-state index in [0.29, 0.717) is 15.9 Å². The van der Waals surface area contributed by atoms with Gasteiger partial charge in [-0.15, -0.1) is 10.2 Å². The van der Waals surface area contributed by atoms with Crippen LogP contribution in [-0.2, 0) is 16.1 Å². The zero-order chi connectivity index (χ0) is 19.4. The summed E-state index contributed by atoms with van der Waals surface area (Å²) in [5, 5.41) is 9.15. The van der Waals surface area contributed by atoms with E-state index in [4.69, 9.17) is 32.4 Å². The van der Waals surface area contributed by atoms with Crippen molar-refractivity contribution in [3.8, 4) is 11.5 Å². The Balaban J connectivity index is 1.67. The predicted octanol–water partition coefficient (Wildman–Crippen LogP) is 5.53. The Morgan fingerprint density at radius 2 is 1.59 bits per heavy atom. The van der Waals surface area contributed by atoms with Crippen LogP contribution in [-0.4, -0.2) is 16.2 Å². The van der Waals surface area contributed by atoms with E-state index in [1.165, 1.54) is 0 Å². The Morgan fingerprint density at radius 1 is 1.00 bits per heavy atom. The van der Waals surface area contributed by atoms with Crippen LogP contribution in [0.25, 0.3) is 11.5 Å². The fraction of sp³-hybridized carbons (Fsp3) is 0.250. The summed E-state index contributed by atoms with van der Waals surface area (Å²) >= 11 is 11.8. The molecular weight excluding hydrogens is 387 g/mol. The molecule has 1 heterocycles. The minimum absolute atomic E-state index is 0.0611. The van der Waals surface area contributed by atoms with Crippen LogP contribution < -0.4 is 0 Å². The maximum atomic E-state index is 12.6. The Labute approximate surface area is 167 Å². The molecule has 0 amide bonds. The van der Waals surface area contributed by atoms with Crippen LogP contribution in [0, 0.1) is 5.92 Å². The molecule has 0 spiro atoms. The molecule has 7 heteroatoms. The molecule has 0 unspecified atom stereocenters. The molecule has 0 radical (unpaired) electrons. The smallest absolute Gasteiger partial charge is 0.314 e. The van der Waals surface area contributed by atoms with Crippen molar-refractivity contribution in [1.82, 2.24) is 10.2 Å². The minimum Gasteiger partial charge on any atom is -0.455 e. The molecule has 2 aromatic carbocycles. The Hall–Kier alpha value is -2.37. The topological polar surface area (TPSA) is 65.2 Å². The van der Waals surface area contributed by atoms with Crippen molar-refractivity contribution >= 4 is 29.2 Å². The fourth-order valence-corrected chi connectivity index (χ4v) is 2.96. The summed E-state index contributed by atoms with van der Waals surface area (Å²) in [4.78, 5) is 12.6. The normalized spacial score (nSPS) is 12.2. The summed E-state index contributed by atoms with van der Waals surface area (Å²) in [5.41, 5.74) is 1.59. The first kappa shape index (κ1) is 19.4. The van der Waals surface area contributed by atoms with Gasteiger partial charge in [-0.3, -0.25) is 4.79 Å². The van der Waals surface area contributed by atoms with Gasteiger partial charge in [0.25, 0.3) is 5.89 Å². The number of hydrogen-bond donors (Lipinski definition) is 0. The van der Waals surface area contributed by atoms with E-state index >= 15 is 0 Å². The van der Waals surface area contributed by atoms with E-state index < -0.39 is 5.92 Å². The number of ether oxygens (including phenoxy) is 1. The van der Waals surface area contributed by atoms with Gasteiger partial charge in [-0.25, -0.2) is 0 Å². The summed E-state index contributed by atoms with van der Waals surface area (Å²) in [5.74, 6) is -0.117. The largest absolute Gasteiger partial charge is 0.455 e. The third kappa shape index (κ3) is 4.87. The van der Waals surface area contributed by atoms with Gasteiger partial charge in [-0.1, -0.05) is 49.2 Å². The van der Waals surface area contributed by atoms with Crippen molar-refractivity contribution in [3.05, 3.63) is 70.0 Å². The van der Waals surface area contributed by atoms with Crippen molar-refractivity contribution in [2.45, 2.75) is 26.4 Å². The van der Waals surface area contributed by atoms with Crippen molar-refractivity contribution in [3.63, 3.8) is 0 Å². The molecule has 1 aromatic heterocycles. The number of carbonyl (C=O) groups excluding carboxylic acids is 1. The Bertz CT molecular complexity index is 906. The number of esters is 1. The molecule has 0 saturated heterocycles. The molecule has 3 aromatic rings. The lowest BCUT2D eigenvalue weighted by Gasteiger charge is -2.19. The highest BCUT2D eigenvalue weighted by atomic mass is 35.5. The summed E-state index contributed by atoms with van der Waals surface area (Å²) in [6.07, 6.45) is 0. The van der Waals surface area contributed by atoms with Crippen LogP contribution in [0.4, 0.5) is 0 Å². The lowest BCUT2D eigenvalue weighted by atomic mass is 9.88. The monoisotopic (exact) mass is 404 g/mol. The lowest BCUT2D eigenvalue weighted by molar-refractivity contribution is -0.148. The van der Waals surface area contributed by atoms with Crippen LogP contribution in [0.3, 0.4) is 0 Å². The Morgan fingerprint density at radius 3 is 2.19 bits per heavy atom. The highest BCUT2D eigenvalue weighted by Crippen LogP contribution is 2.28. The van der Waals surface area contributed by atoms with Crippen molar-refractivity contribution < 1.29 is 13.9 Å². The molecule has 0 saturated carbocycles. The second-order valence-electron chi connectivity index (χ2n) is 6.39. The van der Waals surface area contributed by atoms with Crippen LogP contribution in [0.5, 0.6) is 0 Å². The number of rotatable bonds is 6. The third-order valence-electron chi connectivity index (χ3n) is 4.05. The fourth-order valence-electron chi connectivity index (χ4n) is 2.71. The molecule has 0 aliphatic carbocycles. The van der Waals surface area contributed by atoms with Gasteiger partial charge in [0.05, 0.1) is 5.92 Å². The van der Waals surface area contributed by atoms with E-state index in [2.05, 4.69) is 10.2 Å². The van der Waals surface area contributed by atoms with Crippen molar-refractivity contribution in [2.24, 2.45) is 5.92 Å². The van der Waals surface area contributed by atoms with Gasteiger partial charge in [0, 0.05) is 15.6 Å². The zero-order valence-corrected chi connectivity index (χ0v) is 16.4. The number of halogens is 2. The number of benzene rings is 2. The summed E-state index contributed by atoms with van der Waals surface area (Å²) in [7, 11) is 0. The average Bonchev–Trinajstić information content (AvgIpc) is 3.11. The van der Waals surface area contributed by atoms with Crippen LogP contribution in [0.15, 0.2) is 52.9 Å². The molecular formula is C20H18Cl2N2O3. The maximum Gasteiger partial charge on any atom is 0.314 e. The molecule has 0 N–H and O–H groups in total. The number of nitrogens with zero attached hydrogens (tertiary/aromatic N) is 2. The second-order valence-corrected chi connectivity index (χ2v) is 7.26. The van der Waals surface area contributed by atoms with Crippen molar-refractivity contribution in [2.75, 3.05) is 0 Å². The lowest BCUT2D eigenvalue weighted by Crippen LogP contribution is -2.20. The van der Waals surface area contributed by atoms with E-state index in [-0.39, 0.29) is 24.4 Å². The summed E-state index contributed by atoms with van der Waals surface area (Å²) < 4.78 is 11.0. The van der Waals surface area contributed by atoms with Gasteiger partial charge >= 0.3 is 5.97 Å². The van der Waals surface area contributed by atoms with Crippen molar-refractivity contribution in [1.29, 1.82) is 0 Å².